The Morgan fingerprint density at radius 1 is 1.04 bits per heavy atom. The van der Waals surface area contributed by atoms with E-state index < -0.39 is 11.8 Å². The van der Waals surface area contributed by atoms with Crippen molar-refractivity contribution in [2.24, 2.45) is 0 Å². The molecule has 2 rings (SSSR count). The van der Waals surface area contributed by atoms with E-state index in [1.165, 1.54) is 0 Å². The zero-order valence-corrected chi connectivity index (χ0v) is 14.5. The van der Waals surface area contributed by atoms with Crippen molar-refractivity contribution in [2.75, 3.05) is 45.9 Å². The van der Waals surface area contributed by atoms with E-state index >= 15 is 0 Å². The van der Waals surface area contributed by atoms with E-state index in [1.54, 1.807) is 12.1 Å². The van der Waals surface area contributed by atoms with Gasteiger partial charge in [0, 0.05) is 31.2 Å². The van der Waals surface area contributed by atoms with Crippen molar-refractivity contribution in [2.45, 2.75) is 12.8 Å². The summed E-state index contributed by atoms with van der Waals surface area (Å²) in [6.07, 6.45) is 1.48. The number of amides is 2. The zero-order chi connectivity index (χ0) is 17.2. The number of ether oxygens (including phenoxy) is 1. The van der Waals surface area contributed by atoms with Crippen LogP contribution < -0.4 is 10.6 Å². The molecule has 0 atom stereocenters. The summed E-state index contributed by atoms with van der Waals surface area (Å²) < 4.78 is 5.28. The number of nitrogens with zero attached hydrogens (tertiary/aromatic N) is 1. The zero-order valence-electron chi connectivity index (χ0n) is 13.7. The summed E-state index contributed by atoms with van der Waals surface area (Å²) in [4.78, 5) is 25.7. The van der Waals surface area contributed by atoms with Crippen LogP contribution in [-0.2, 0) is 20.7 Å². The largest absolute Gasteiger partial charge is 0.379 e. The van der Waals surface area contributed by atoms with Gasteiger partial charge in [-0.15, -0.1) is 0 Å². The quantitative estimate of drug-likeness (QED) is 0.563. The molecule has 2 N–H and O–H groups in total. The predicted molar refractivity (Wildman–Crippen MR) is 93.1 cm³/mol. The van der Waals surface area contributed by atoms with E-state index in [1.807, 2.05) is 12.1 Å². The molecule has 1 heterocycles. The first-order chi connectivity index (χ1) is 11.6. The van der Waals surface area contributed by atoms with Gasteiger partial charge in [-0.2, -0.15) is 0 Å². The van der Waals surface area contributed by atoms with Crippen LogP contribution in [0.25, 0.3) is 0 Å². The van der Waals surface area contributed by atoms with Crippen LogP contribution in [0.15, 0.2) is 24.3 Å². The molecule has 0 radical (unpaired) electrons. The second kappa shape index (κ2) is 10.3. The van der Waals surface area contributed by atoms with Gasteiger partial charge in [0.2, 0.25) is 0 Å². The average Bonchev–Trinajstić information content (AvgIpc) is 2.61. The Morgan fingerprint density at radius 3 is 2.33 bits per heavy atom. The molecular formula is C17H24ClN3O3. The Labute approximate surface area is 147 Å². The third-order valence-electron chi connectivity index (χ3n) is 3.86. The lowest BCUT2D eigenvalue weighted by Gasteiger charge is -2.26. The third kappa shape index (κ3) is 6.86. The maximum atomic E-state index is 11.7. The molecule has 1 saturated heterocycles. The maximum Gasteiger partial charge on any atom is 0.309 e. The van der Waals surface area contributed by atoms with Gasteiger partial charge in [-0.25, -0.2) is 0 Å². The number of nitrogens with one attached hydrogen (secondary N) is 2. The van der Waals surface area contributed by atoms with Crippen molar-refractivity contribution in [3.63, 3.8) is 0 Å². The number of carbonyl (C=O) groups excluding carboxylic acids is 2. The van der Waals surface area contributed by atoms with Crippen molar-refractivity contribution in [3.05, 3.63) is 34.9 Å². The summed E-state index contributed by atoms with van der Waals surface area (Å²) in [7, 11) is 0. The van der Waals surface area contributed by atoms with Crippen LogP contribution in [0.3, 0.4) is 0 Å². The van der Waals surface area contributed by atoms with Gasteiger partial charge in [0.05, 0.1) is 13.2 Å². The minimum absolute atomic E-state index is 0.418. The standard InChI is InChI=1S/C17H24ClN3O3/c18-15-4-2-14(3-5-15)6-8-20-17(23)16(22)19-7-1-9-21-10-12-24-13-11-21/h2-5H,1,6-13H2,(H,19,22)(H,20,23). The number of morpholine rings is 1. The maximum absolute atomic E-state index is 11.7. The smallest absolute Gasteiger partial charge is 0.309 e. The molecular weight excluding hydrogens is 330 g/mol. The summed E-state index contributed by atoms with van der Waals surface area (Å²) in [6.45, 7) is 5.22. The van der Waals surface area contributed by atoms with E-state index in [-0.39, 0.29) is 0 Å². The summed E-state index contributed by atoms with van der Waals surface area (Å²) in [6, 6.07) is 7.42. The van der Waals surface area contributed by atoms with Crippen LogP contribution >= 0.6 is 11.6 Å². The average molecular weight is 354 g/mol. The van der Waals surface area contributed by atoms with Gasteiger partial charge in [-0.3, -0.25) is 14.5 Å². The minimum atomic E-state index is -0.588. The highest BCUT2D eigenvalue weighted by atomic mass is 35.5. The highest BCUT2D eigenvalue weighted by Crippen LogP contribution is 2.09. The third-order valence-corrected chi connectivity index (χ3v) is 4.11. The first-order valence-electron chi connectivity index (χ1n) is 8.26. The Balaban J connectivity index is 1.54. The van der Waals surface area contributed by atoms with Gasteiger partial charge in [-0.05, 0) is 37.1 Å². The molecule has 6 nitrogen and oxygen atoms in total. The second-order valence-electron chi connectivity index (χ2n) is 5.70. The Bertz CT molecular complexity index is 530. The second-order valence-corrected chi connectivity index (χ2v) is 6.13. The molecule has 2 amide bonds. The number of rotatable bonds is 7. The molecule has 0 saturated carbocycles. The minimum Gasteiger partial charge on any atom is -0.379 e. The van der Waals surface area contributed by atoms with Crippen molar-refractivity contribution in [1.82, 2.24) is 15.5 Å². The summed E-state index contributed by atoms with van der Waals surface area (Å²) in [5, 5.41) is 5.96. The van der Waals surface area contributed by atoms with Crippen LogP contribution in [0, 0.1) is 0 Å². The number of hydrogen-bond acceptors (Lipinski definition) is 4. The van der Waals surface area contributed by atoms with E-state index in [0.717, 1.165) is 44.8 Å². The van der Waals surface area contributed by atoms with E-state index in [2.05, 4.69) is 15.5 Å². The number of hydrogen-bond donors (Lipinski definition) is 2. The topological polar surface area (TPSA) is 70.7 Å². The van der Waals surface area contributed by atoms with Crippen molar-refractivity contribution >= 4 is 23.4 Å². The van der Waals surface area contributed by atoms with Crippen LogP contribution in [0.4, 0.5) is 0 Å². The fraction of sp³-hybridized carbons (Fsp3) is 0.529. The summed E-state index contributed by atoms with van der Waals surface area (Å²) >= 11 is 5.82. The molecule has 1 fully saturated rings. The molecule has 0 aromatic heterocycles. The molecule has 1 aromatic rings. The fourth-order valence-electron chi connectivity index (χ4n) is 2.46. The van der Waals surface area contributed by atoms with Gasteiger partial charge in [0.15, 0.2) is 0 Å². The molecule has 7 heteroatoms. The molecule has 24 heavy (non-hydrogen) atoms. The molecule has 0 unspecified atom stereocenters. The van der Waals surface area contributed by atoms with Crippen LogP contribution in [0.1, 0.15) is 12.0 Å². The van der Waals surface area contributed by atoms with Crippen molar-refractivity contribution < 1.29 is 14.3 Å². The first kappa shape index (κ1) is 18.7. The Morgan fingerprint density at radius 2 is 1.67 bits per heavy atom. The number of benzene rings is 1. The van der Waals surface area contributed by atoms with Crippen LogP contribution in [-0.4, -0.2) is 62.7 Å². The lowest BCUT2D eigenvalue weighted by atomic mass is 10.1. The summed E-state index contributed by atoms with van der Waals surface area (Å²) in [5.74, 6) is -1.16. The van der Waals surface area contributed by atoms with Gasteiger partial charge < -0.3 is 15.4 Å². The molecule has 1 aliphatic rings. The lowest BCUT2D eigenvalue weighted by molar-refractivity contribution is -0.139. The van der Waals surface area contributed by atoms with Crippen LogP contribution in [0.2, 0.25) is 5.02 Å². The summed E-state index contributed by atoms with van der Waals surface area (Å²) in [5.41, 5.74) is 1.06. The van der Waals surface area contributed by atoms with Gasteiger partial charge in [0.1, 0.15) is 0 Å². The van der Waals surface area contributed by atoms with Crippen molar-refractivity contribution in [3.8, 4) is 0 Å². The lowest BCUT2D eigenvalue weighted by Crippen LogP contribution is -2.42. The SMILES string of the molecule is O=C(NCCCN1CCOCC1)C(=O)NCCc1ccc(Cl)cc1. The van der Waals surface area contributed by atoms with E-state index in [4.69, 9.17) is 16.3 Å². The molecule has 0 bridgehead atoms. The van der Waals surface area contributed by atoms with Crippen LogP contribution in [0.5, 0.6) is 0 Å². The van der Waals surface area contributed by atoms with Gasteiger partial charge in [0.25, 0.3) is 0 Å². The van der Waals surface area contributed by atoms with Crippen molar-refractivity contribution in [1.29, 1.82) is 0 Å². The highest BCUT2D eigenvalue weighted by Gasteiger charge is 2.13. The fourth-order valence-corrected chi connectivity index (χ4v) is 2.59. The Hall–Kier alpha value is -1.63. The normalized spacial score (nSPS) is 15.0. The highest BCUT2D eigenvalue weighted by molar-refractivity contribution is 6.35. The van der Waals surface area contributed by atoms with Gasteiger partial charge in [-0.1, -0.05) is 23.7 Å². The molecule has 0 aliphatic carbocycles. The molecule has 1 aromatic carbocycles. The number of halogens is 1. The number of carbonyl (C=O) groups is 2. The van der Waals surface area contributed by atoms with E-state index in [0.29, 0.717) is 24.5 Å². The Kier molecular flexibility index (Phi) is 8.01. The monoisotopic (exact) mass is 353 g/mol. The molecule has 1 aliphatic heterocycles. The van der Waals surface area contributed by atoms with Gasteiger partial charge >= 0.3 is 11.8 Å². The first-order valence-corrected chi connectivity index (χ1v) is 8.63. The molecule has 132 valence electrons. The molecule has 0 spiro atoms. The predicted octanol–water partition coefficient (Wildman–Crippen LogP) is 0.837. The van der Waals surface area contributed by atoms with E-state index in [9.17, 15) is 9.59 Å².